The van der Waals surface area contributed by atoms with Crippen LogP contribution in [0.25, 0.3) is 0 Å². The van der Waals surface area contributed by atoms with Gasteiger partial charge in [-0.3, -0.25) is 0 Å². The molecule has 0 radical (unpaired) electrons. The number of aliphatic hydroxyl groups is 2. The van der Waals surface area contributed by atoms with Crippen LogP contribution in [0.2, 0.25) is 0 Å². The second-order valence-corrected chi connectivity index (χ2v) is 18.8. The Balaban J connectivity index is 0.000000315. The zero-order valence-corrected chi connectivity index (χ0v) is 42.6. The average Bonchev–Trinajstić information content (AvgIpc) is 3.36. The Morgan fingerprint density at radius 3 is 1.35 bits per heavy atom. The first-order chi connectivity index (χ1) is 34.0. The van der Waals surface area contributed by atoms with Crippen LogP contribution >= 0.6 is 15.9 Å². The lowest BCUT2D eigenvalue weighted by molar-refractivity contribution is 0.0348. The van der Waals surface area contributed by atoms with Crippen LogP contribution in [-0.2, 0) is 45.4 Å². The number of nitrogens with two attached hydrogens (primary N) is 2. The van der Waals surface area contributed by atoms with Gasteiger partial charge in [-0.2, -0.15) is 0 Å². The van der Waals surface area contributed by atoms with Crippen LogP contribution in [0.15, 0.2) is 150 Å². The van der Waals surface area contributed by atoms with Crippen molar-refractivity contribution in [1.82, 2.24) is 0 Å². The molecular weight excluding hydrogens is 979 g/mol. The Hall–Kier alpha value is -6.26. The van der Waals surface area contributed by atoms with Gasteiger partial charge in [-0.05, 0) is 78.0 Å². The molecule has 0 spiro atoms. The molecule has 10 nitrogen and oxygen atoms in total. The predicted molar refractivity (Wildman–Crippen MR) is 293 cm³/mol. The lowest BCUT2D eigenvalue weighted by Gasteiger charge is -2.18. The minimum atomic E-state index is -0.775. The van der Waals surface area contributed by atoms with Crippen molar-refractivity contribution in [2.75, 3.05) is 61.6 Å². The summed E-state index contributed by atoms with van der Waals surface area (Å²) in [5.74, 6) is 7.98. The van der Waals surface area contributed by atoms with Crippen LogP contribution in [0.4, 0.5) is 31.5 Å². The topological polar surface area (TPSA) is 153 Å². The van der Waals surface area contributed by atoms with Crippen molar-refractivity contribution < 1.29 is 37.9 Å². The van der Waals surface area contributed by atoms with Crippen LogP contribution in [0, 0.1) is 46.6 Å². The lowest BCUT2D eigenvalue weighted by Crippen LogP contribution is -2.25. The van der Waals surface area contributed by atoms with Crippen LogP contribution < -0.4 is 22.1 Å². The summed E-state index contributed by atoms with van der Waals surface area (Å²) < 4.78 is 50.6. The third-order valence-corrected chi connectivity index (χ3v) is 10.9. The van der Waals surface area contributed by atoms with E-state index in [1.54, 1.807) is 0 Å². The van der Waals surface area contributed by atoms with Gasteiger partial charge in [0, 0.05) is 46.1 Å². The quantitative estimate of drug-likeness (QED) is 0.0286. The summed E-state index contributed by atoms with van der Waals surface area (Å²) in [7, 11) is 0. The fourth-order valence-corrected chi connectivity index (χ4v) is 6.70. The maximum atomic E-state index is 14.2. The van der Waals surface area contributed by atoms with Gasteiger partial charge in [0.2, 0.25) is 0 Å². The Morgan fingerprint density at radius 2 is 0.931 bits per heavy atom. The van der Waals surface area contributed by atoms with Gasteiger partial charge in [-0.25, -0.2) is 8.78 Å². The number of hydrogen-bond acceptors (Lipinski definition) is 10. The smallest absolute Gasteiger partial charge is 0.148 e. The molecule has 0 aliphatic rings. The van der Waals surface area contributed by atoms with Gasteiger partial charge >= 0.3 is 0 Å². The standard InChI is InChI=1S/C29H33FN2O3.C16H18BrFN2O2.C13H16O.CH4/c1-29(2,21-35-19-23-11-7-4-8-12-23)14-13-24-15-27(31)26(30)16-28(24)32-17-25(33)20-34-18-22-9-5-3-6-10-22;17-13-6-15(19)14(18)7-16(13)20-8-12(21)10-22-9-11-4-2-1-3-5-11;1-4-13(2,3)11-14-10-12-8-6-5-7-9-12;/h3-12,15-16,25,32-33H,17-21,31H2,1-2H3;1-7,12,20-21H,8-10,19H2;1,5-9H,10-11H2,2-3H3;1H4/t25-;12-;;/m11../s1. The Morgan fingerprint density at radius 1 is 0.569 bits per heavy atom. The molecule has 0 aromatic heterocycles. The first-order valence-electron chi connectivity index (χ1n) is 23.2. The van der Waals surface area contributed by atoms with Crippen molar-refractivity contribution >= 4 is 38.7 Å². The summed E-state index contributed by atoms with van der Waals surface area (Å²) in [6, 6.07) is 45.1. The minimum absolute atomic E-state index is 0. The van der Waals surface area contributed by atoms with Gasteiger partial charge in [0.25, 0.3) is 0 Å². The molecule has 0 saturated carbocycles. The van der Waals surface area contributed by atoms with Gasteiger partial charge in [0.1, 0.15) is 11.6 Å². The van der Waals surface area contributed by atoms with Gasteiger partial charge in [-0.1, -0.05) is 147 Å². The molecule has 0 heterocycles. The van der Waals surface area contributed by atoms with E-state index < -0.39 is 29.3 Å². The second-order valence-electron chi connectivity index (χ2n) is 18.0. The zero-order chi connectivity index (χ0) is 51.5. The number of ether oxygens (including phenoxy) is 4. The third-order valence-electron chi connectivity index (χ3n) is 10.2. The van der Waals surface area contributed by atoms with Gasteiger partial charge in [0.15, 0.2) is 0 Å². The van der Waals surface area contributed by atoms with Crippen LogP contribution in [-0.4, -0.2) is 61.9 Å². The van der Waals surface area contributed by atoms with Crippen LogP contribution in [0.5, 0.6) is 0 Å². The summed E-state index contributed by atoms with van der Waals surface area (Å²) in [6.07, 6.45) is 3.88. The number of nitrogen functional groups attached to an aromatic ring is 2. The van der Waals surface area contributed by atoms with E-state index in [4.69, 9.17) is 36.8 Å². The number of nitrogens with one attached hydrogen (secondary N) is 2. The van der Waals surface area contributed by atoms with Crippen LogP contribution in [0.1, 0.15) is 62.9 Å². The number of hydrogen-bond donors (Lipinski definition) is 6. The molecule has 8 N–H and O–H groups in total. The monoisotopic (exact) mass is 1050 g/mol. The summed E-state index contributed by atoms with van der Waals surface area (Å²) in [4.78, 5) is 0. The summed E-state index contributed by atoms with van der Waals surface area (Å²) in [6.45, 7) is 11.7. The van der Waals surface area contributed by atoms with Gasteiger partial charge in [0.05, 0.1) is 87.8 Å². The van der Waals surface area contributed by atoms with Gasteiger partial charge < -0.3 is 51.3 Å². The van der Waals surface area contributed by atoms with Crippen molar-refractivity contribution in [1.29, 1.82) is 0 Å². The van der Waals surface area contributed by atoms with Gasteiger partial charge in [-0.15, -0.1) is 6.42 Å². The summed E-state index contributed by atoms with van der Waals surface area (Å²) in [5, 5.41) is 26.2. The fourth-order valence-electron chi connectivity index (χ4n) is 6.20. The van der Waals surface area contributed by atoms with E-state index in [-0.39, 0.29) is 50.5 Å². The number of rotatable bonds is 22. The molecule has 0 bridgehead atoms. The maximum absolute atomic E-state index is 14.2. The van der Waals surface area contributed by atoms with Crippen molar-refractivity contribution in [2.24, 2.45) is 10.8 Å². The second kappa shape index (κ2) is 31.9. The highest BCUT2D eigenvalue weighted by molar-refractivity contribution is 9.10. The molecule has 2 atom stereocenters. The summed E-state index contributed by atoms with van der Waals surface area (Å²) in [5.41, 5.74) is 16.6. The lowest BCUT2D eigenvalue weighted by atomic mass is 9.95. The highest BCUT2D eigenvalue weighted by Crippen LogP contribution is 2.27. The van der Waals surface area contributed by atoms with Crippen molar-refractivity contribution in [2.45, 2.75) is 73.8 Å². The fraction of sp³-hybridized carbons (Fsp3) is 0.322. The summed E-state index contributed by atoms with van der Waals surface area (Å²) >= 11 is 3.29. The van der Waals surface area contributed by atoms with Crippen molar-refractivity contribution in [3.8, 4) is 24.2 Å². The molecule has 6 aromatic carbocycles. The minimum Gasteiger partial charge on any atom is -0.396 e. The Bertz CT molecular complexity index is 2570. The predicted octanol–water partition coefficient (Wildman–Crippen LogP) is 11.7. The first-order valence-corrected chi connectivity index (χ1v) is 24.0. The largest absolute Gasteiger partial charge is 0.396 e. The average molecular weight is 1050 g/mol. The maximum Gasteiger partial charge on any atom is 0.148 e. The van der Waals surface area contributed by atoms with E-state index in [1.807, 2.05) is 149 Å². The number of aliphatic hydroxyl groups excluding tert-OH is 2. The van der Waals surface area contributed by atoms with E-state index in [2.05, 4.69) is 44.3 Å². The van der Waals surface area contributed by atoms with Crippen molar-refractivity contribution in [3.05, 3.63) is 190 Å². The molecule has 72 heavy (non-hydrogen) atoms. The van der Waals surface area contributed by atoms with Crippen molar-refractivity contribution in [3.63, 3.8) is 0 Å². The zero-order valence-electron chi connectivity index (χ0n) is 41.0. The Labute approximate surface area is 434 Å². The SMILES string of the molecule is C.C#CC(C)(C)COCc1ccccc1.CC(C)(C#Cc1cc(N)c(F)cc1NC[C@@H](O)COCc1ccccc1)COCc1ccccc1.Nc1cc(Br)c(NC[C@@H](O)COCc2ccccc2)cc1F. The molecule has 0 unspecified atom stereocenters. The number of halogens is 3. The van der Waals surface area contributed by atoms with E-state index in [1.165, 1.54) is 29.8 Å². The van der Waals surface area contributed by atoms with E-state index in [0.717, 1.165) is 16.7 Å². The molecule has 0 amide bonds. The van der Waals surface area contributed by atoms with Crippen LogP contribution in [0.3, 0.4) is 0 Å². The highest BCUT2D eigenvalue weighted by atomic mass is 79.9. The molecule has 6 aromatic rings. The first kappa shape index (κ1) is 60.0. The number of terminal acetylenes is 1. The molecule has 384 valence electrons. The number of benzene rings is 6. The molecule has 0 aliphatic heterocycles. The third kappa shape index (κ3) is 23.8. The number of anilines is 4. The molecular formula is C59H71BrF2N4O6. The molecule has 0 fully saturated rings. The molecule has 0 aliphatic carbocycles. The molecule has 6 rings (SSSR count). The van der Waals surface area contributed by atoms with E-state index in [0.29, 0.717) is 61.1 Å². The van der Waals surface area contributed by atoms with E-state index >= 15 is 0 Å². The van der Waals surface area contributed by atoms with E-state index in [9.17, 15) is 19.0 Å². The molecule has 0 saturated heterocycles. The normalized spacial score (nSPS) is 11.7. The highest BCUT2D eigenvalue weighted by Gasteiger charge is 2.17. The molecule has 13 heteroatoms. The Kier molecular flexibility index (Phi) is 26.6.